The molecule has 0 N–H and O–H groups in total. The number of carbonyl (C=O) groups is 1. The molecule has 0 aliphatic carbocycles. The summed E-state index contributed by atoms with van der Waals surface area (Å²) in [6.45, 7) is 6.08. The van der Waals surface area contributed by atoms with Crippen LogP contribution in [0.5, 0.6) is 5.75 Å². The Hall–Kier alpha value is -1.55. The molecule has 4 heteroatoms. The van der Waals surface area contributed by atoms with Crippen molar-refractivity contribution in [2.24, 2.45) is 5.92 Å². The van der Waals surface area contributed by atoms with Gasteiger partial charge in [-0.25, -0.2) is 0 Å². The second-order valence-electron chi connectivity index (χ2n) is 6.45. The highest BCUT2D eigenvalue weighted by molar-refractivity contribution is 5.76. The minimum Gasteiger partial charge on any atom is -0.488 e. The number of rotatable bonds is 4. The minimum absolute atomic E-state index is 0.287. The molecule has 3 rings (SSSR count). The van der Waals surface area contributed by atoms with Crippen molar-refractivity contribution in [3.05, 3.63) is 29.8 Å². The lowest BCUT2D eigenvalue weighted by atomic mass is 9.96. The zero-order valence-corrected chi connectivity index (χ0v) is 12.9. The highest BCUT2D eigenvalue weighted by Gasteiger charge is 2.32. The number of benzene rings is 1. The maximum atomic E-state index is 11.5. The second kappa shape index (κ2) is 6.06. The zero-order valence-electron chi connectivity index (χ0n) is 12.9. The Morgan fingerprint density at radius 1 is 1.19 bits per heavy atom. The smallest absolute Gasteiger partial charge is 0.222 e. The Morgan fingerprint density at radius 3 is 2.57 bits per heavy atom. The van der Waals surface area contributed by atoms with E-state index >= 15 is 0 Å². The number of hydrogen-bond donors (Lipinski definition) is 0. The number of likely N-dealkylation sites (tertiary alicyclic amines) is 2. The molecule has 2 aliphatic rings. The van der Waals surface area contributed by atoms with Crippen molar-refractivity contribution < 1.29 is 9.53 Å². The molecule has 21 heavy (non-hydrogen) atoms. The lowest BCUT2D eigenvalue weighted by Gasteiger charge is -2.42. The predicted octanol–water partition coefficient (Wildman–Crippen LogP) is 1.93. The molecule has 0 radical (unpaired) electrons. The van der Waals surface area contributed by atoms with Crippen LogP contribution in [0.3, 0.4) is 0 Å². The monoisotopic (exact) mass is 288 g/mol. The molecule has 2 heterocycles. The van der Waals surface area contributed by atoms with Gasteiger partial charge >= 0.3 is 0 Å². The lowest BCUT2D eigenvalue weighted by Crippen LogP contribution is -2.56. The van der Waals surface area contributed by atoms with E-state index in [0.29, 0.717) is 18.4 Å². The van der Waals surface area contributed by atoms with E-state index in [4.69, 9.17) is 4.74 Å². The van der Waals surface area contributed by atoms with Crippen LogP contribution in [-0.2, 0) is 4.79 Å². The van der Waals surface area contributed by atoms with E-state index < -0.39 is 0 Å². The Bertz CT molecular complexity index is 494. The van der Waals surface area contributed by atoms with Crippen LogP contribution in [0, 0.1) is 12.8 Å². The van der Waals surface area contributed by atoms with E-state index in [9.17, 15) is 4.79 Å². The number of aryl methyl sites for hydroxylation is 1. The van der Waals surface area contributed by atoms with Crippen molar-refractivity contribution in [1.82, 2.24) is 9.80 Å². The molecule has 1 aromatic carbocycles. The van der Waals surface area contributed by atoms with Gasteiger partial charge in [0.25, 0.3) is 0 Å². The van der Waals surface area contributed by atoms with Gasteiger partial charge in [-0.1, -0.05) is 17.7 Å². The number of hydrogen-bond acceptors (Lipinski definition) is 3. The zero-order chi connectivity index (χ0) is 14.8. The normalized spacial score (nSPS) is 24.0. The van der Waals surface area contributed by atoms with E-state index in [0.717, 1.165) is 38.3 Å². The van der Waals surface area contributed by atoms with Gasteiger partial charge in [-0.2, -0.15) is 0 Å². The van der Waals surface area contributed by atoms with Crippen molar-refractivity contribution in [3.8, 4) is 5.75 Å². The molecule has 0 saturated carbocycles. The highest BCUT2D eigenvalue weighted by Crippen LogP contribution is 2.22. The summed E-state index contributed by atoms with van der Waals surface area (Å²) in [4.78, 5) is 15.8. The van der Waals surface area contributed by atoms with Gasteiger partial charge in [0.05, 0.1) is 0 Å². The number of amides is 1. The molecule has 0 spiro atoms. The van der Waals surface area contributed by atoms with Gasteiger partial charge in [0, 0.05) is 39.6 Å². The Labute approximate surface area is 126 Å². The Morgan fingerprint density at radius 2 is 1.90 bits per heavy atom. The lowest BCUT2D eigenvalue weighted by molar-refractivity contribution is -0.133. The van der Waals surface area contributed by atoms with Gasteiger partial charge in [-0.05, 0) is 31.4 Å². The van der Waals surface area contributed by atoms with Crippen LogP contribution in [0.4, 0.5) is 0 Å². The third-order valence-corrected chi connectivity index (χ3v) is 4.49. The summed E-state index contributed by atoms with van der Waals surface area (Å²) >= 11 is 0. The van der Waals surface area contributed by atoms with Crippen LogP contribution in [0.15, 0.2) is 24.3 Å². The number of piperidine rings is 1. The maximum Gasteiger partial charge on any atom is 0.222 e. The molecule has 2 saturated heterocycles. The SMILES string of the molecule is Cc1ccc(OC2CN(CC3CCC(=O)N(C)C3)C2)cc1. The third-order valence-electron chi connectivity index (χ3n) is 4.49. The van der Waals surface area contributed by atoms with Gasteiger partial charge in [0.2, 0.25) is 5.91 Å². The summed E-state index contributed by atoms with van der Waals surface area (Å²) < 4.78 is 5.96. The molecule has 114 valence electrons. The van der Waals surface area contributed by atoms with Crippen molar-refractivity contribution in [2.75, 3.05) is 33.2 Å². The van der Waals surface area contributed by atoms with E-state index in [1.807, 2.05) is 24.1 Å². The summed E-state index contributed by atoms with van der Waals surface area (Å²) in [6.07, 6.45) is 2.05. The third kappa shape index (κ3) is 3.56. The van der Waals surface area contributed by atoms with E-state index in [2.05, 4.69) is 24.0 Å². The molecule has 2 aliphatic heterocycles. The molecule has 4 nitrogen and oxygen atoms in total. The average Bonchev–Trinajstić information content (AvgIpc) is 2.42. The second-order valence-corrected chi connectivity index (χ2v) is 6.45. The average molecular weight is 288 g/mol. The van der Waals surface area contributed by atoms with Gasteiger partial charge in [-0.3, -0.25) is 9.69 Å². The first kappa shape index (κ1) is 14.4. The first-order valence-electron chi connectivity index (χ1n) is 7.80. The van der Waals surface area contributed by atoms with Crippen molar-refractivity contribution in [3.63, 3.8) is 0 Å². The van der Waals surface area contributed by atoms with E-state index in [1.165, 1.54) is 5.56 Å². The summed E-state index contributed by atoms with van der Waals surface area (Å²) in [5, 5.41) is 0. The fourth-order valence-electron chi connectivity index (χ4n) is 3.17. The van der Waals surface area contributed by atoms with Crippen LogP contribution in [0.25, 0.3) is 0 Å². The fourth-order valence-corrected chi connectivity index (χ4v) is 3.17. The molecule has 1 amide bonds. The number of nitrogens with zero attached hydrogens (tertiary/aromatic N) is 2. The minimum atomic E-state index is 0.287. The highest BCUT2D eigenvalue weighted by atomic mass is 16.5. The van der Waals surface area contributed by atoms with Gasteiger partial charge in [-0.15, -0.1) is 0 Å². The molecule has 2 fully saturated rings. The van der Waals surface area contributed by atoms with Crippen molar-refractivity contribution in [1.29, 1.82) is 0 Å². The van der Waals surface area contributed by atoms with Crippen LogP contribution in [-0.4, -0.2) is 55.0 Å². The molecule has 0 aromatic heterocycles. The van der Waals surface area contributed by atoms with Crippen molar-refractivity contribution >= 4 is 5.91 Å². The molecule has 1 aromatic rings. The summed E-state index contributed by atoms with van der Waals surface area (Å²) in [7, 11) is 1.91. The predicted molar refractivity (Wildman–Crippen MR) is 82.4 cm³/mol. The fraction of sp³-hybridized carbons (Fsp3) is 0.588. The van der Waals surface area contributed by atoms with Gasteiger partial charge < -0.3 is 9.64 Å². The van der Waals surface area contributed by atoms with E-state index in [-0.39, 0.29) is 5.91 Å². The standard InChI is InChI=1S/C17H24N2O2/c1-13-3-6-15(7-4-13)21-16-11-19(12-16)10-14-5-8-17(20)18(2)9-14/h3-4,6-7,14,16H,5,8-12H2,1-2H3. The van der Waals surface area contributed by atoms with Crippen LogP contribution in [0.2, 0.25) is 0 Å². The van der Waals surface area contributed by atoms with Gasteiger partial charge in [0.1, 0.15) is 11.9 Å². The van der Waals surface area contributed by atoms with Crippen LogP contribution in [0.1, 0.15) is 18.4 Å². The first-order valence-corrected chi connectivity index (χ1v) is 7.80. The first-order chi connectivity index (χ1) is 10.1. The molecular weight excluding hydrogens is 264 g/mol. The number of carbonyl (C=O) groups excluding carboxylic acids is 1. The Balaban J connectivity index is 1.40. The summed E-state index contributed by atoms with van der Waals surface area (Å²) in [5.74, 6) is 1.87. The van der Waals surface area contributed by atoms with Crippen LogP contribution >= 0.6 is 0 Å². The summed E-state index contributed by atoms with van der Waals surface area (Å²) in [6, 6.07) is 8.25. The van der Waals surface area contributed by atoms with Crippen LogP contribution < -0.4 is 4.74 Å². The quantitative estimate of drug-likeness (QED) is 0.848. The molecular formula is C17H24N2O2. The molecule has 1 unspecified atom stereocenters. The topological polar surface area (TPSA) is 32.8 Å². The Kier molecular flexibility index (Phi) is 4.15. The summed E-state index contributed by atoms with van der Waals surface area (Å²) in [5.41, 5.74) is 1.26. The largest absolute Gasteiger partial charge is 0.488 e. The molecule has 1 atom stereocenters. The maximum absolute atomic E-state index is 11.5. The van der Waals surface area contributed by atoms with Crippen molar-refractivity contribution in [2.45, 2.75) is 25.9 Å². The number of ether oxygens (including phenoxy) is 1. The van der Waals surface area contributed by atoms with E-state index in [1.54, 1.807) is 0 Å². The van der Waals surface area contributed by atoms with Gasteiger partial charge in [0.15, 0.2) is 0 Å². The molecule has 0 bridgehead atoms.